The lowest BCUT2D eigenvalue weighted by Gasteiger charge is -2.09. The Kier molecular flexibility index (Phi) is 4.33. The summed E-state index contributed by atoms with van der Waals surface area (Å²) >= 11 is 0. The second-order valence-electron chi connectivity index (χ2n) is 5.74. The molecule has 0 spiro atoms. The molecule has 0 atom stereocenters. The van der Waals surface area contributed by atoms with Crippen molar-refractivity contribution in [3.8, 4) is 6.07 Å². The molecule has 128 valence electrons. The van der Waals surface area contributed by atoms with Crippen LogP contribution >= 0.6 is 0 Å². The summed E-state index contributed by atoms with van der Waals surface area (Å²) in [6.45, 7) is 2.08. The lowest BCUT2D eigenvalue weighted by molar-refractivity contribution is -0.131. The summed E-state index contributed by atoms with van der Waals surface area (Å²) in [6.07, 6.45) is 0.598. The molecule has 0 fully saturated rings. The summed E-state index contributed by atoms with van der Waals surface area (Å²) in [4.78, 5) is 34.0. The lowest BCUT2D eigenvalue weighted by atomic mass is 10.0. The largest absolute Gasteiger partial charge is 0.475 e. The number of hydrogen-bond acceptors (Lipinski definition) is 5. The number of aryl methyl sites for hydroxylation is 1. The molecule has 1 heterocycles. The molecule has 3 rings (SSSR count). The number of benzene rings is 2. The minimum Gasteiger partial charge on any atom is -0.475 e. The van der Waals surface area contributed by atoms with Crippen molar-refractivity contribution in [2.45, 2.75) is 13.5 Å². The Balaban J connectivity index is 2.19. The number of fused-ring (bicyclic) bond motifs is 1. The van der Waals surface area contributed by atoms with Crippen LogP contribution in [0, 0.1) is 18.3 Å². The van der Waals surface area contributed by atoms with Crippen LogP contribution in [0.2, 0.25) is 0 Å². The normalized spacial score (nSPS) is 10.5. The van der Waals surface area contributed by atoms with Gasteiger partial charge in [-0.3, -0.25) is 14.3 Å². The highest BCUT2D eigenvalue weighted by Crippen LogP contribution is 2.23. The number of aromatic nitrogens is 2. The Labute approximate surface area is 148 Å². The summed E-state index contributed by atoms with van der Waals surface area (Å²) in [6, 6.07) is 11.7. The molecule has 1 N–H and O–H groups in total. The SMILES string of the molecule is Cc1cccc(C#N)c1Cn1nc(C=O)c2ccc(C(=O)C(=O)O)cc21. The fourth-order valence-corrected chi connectivity index (χ4v) is 2.84. The standard InChI is InChI=1S/C19H13N3O4/c1-11-3-2-4-13(8-20)15(11)9-22-17-7-12(18(24)19(25)26)5-6-14(17)16(10-23)21-22/h2-7,10H,9H2,1H3,(H,25,26). The van der Waals surface area contributed by atoms with Crippen molar-refractivity contribution in [2.75, 3.05) is 0 Å². The first-order valence-corrected chi connectivity index (χ1v) is 7.68. The van der Waals surface area contributed by atoms with E-state index < -0.39 is 11.8 Å². The van der Waals surface area contributed by atoms with Crippen molar-refractivity contribution < 1.29 is 19.5 Å². The Morgan fingerprint density at radius 3 is 2.73 bits per heavy atom. The third-order valence-corrected chi connectivity index (χ3v) is 4.19. The molecule has 2 aromatic carbocycles. The summed E-state index contributed by atoms with van der Waals surface area (Å²) in [5.41, 5.74) is 2.74. The smallest absolute Gasteiger partial charge is 0.377 e. The maximum Gasteiger partial charge on any atom is 0.377 e. The van der Waals surface area contributed by atoms with Gasteiger partial charge < -0.3 is 5.11 Å². The topological polar surface area (TPSA) is 113 Å². The Morgan fingerprint density at radius 2 is 2.08 bits per heavy atom. The van der Waals surface area contributed by atoms with E-state index in [1.807, 2.05) is 13.0 Å². The minimum absolute atomic E-state index is 0.00566. The highest BCUT2D eigenvalue weighted by molar-refractivity contribution is 6.40. The number of rotatable bonds is 5. The molecule has 0 aliphatic carbocycles. The van der Waals surface area contributed by atoms with Gasteiger partial charge in [-0.1, -0.05) is 12.1 Å². The number of nitriles is 1. The van der Waals surface area contributed by atoms with Gasteiger partial charge in [-0.2, -0.15) is 10.4 Å². The zero-order chi connectivity index (χ0) is 18.8. The molecule has 0 saturated carbocycles. The van der Waals surface area contributed by atoms with E-state index in [2.05, 4.69) is 11.2 Å². The zero-order valence-corrected chi connectivity index (χ0v) is 13.8. The van der Waals surface area contributed by atoms with Crippen LogP contribution in [0.4, 0.5) is 0 Å². The number of ketones is 1. The van der Waals surface area contributed by atoms with E-state index >= 15 is 0 Å². The first-order chi connectivity index (χ1) is 12.5. The molecular formula is C19H13N3O4. The van der Waals surface area contributed by atoms with E-state index in [-0.39, 0.29) is 17.8 Å². The molecule has 0 aliphatic rings. The van der Waals surface area contributed by atoms with Crippen molar-refractivity contribution in [1.29, 1.82) is 5.26 Å². The highest BCUT2D eigenvalue weighted by atomic mass is 16.4. The van der Waals surface area contributed by atoms with Gasteiger partial charge in [0.25, 0.3) is 5.78 Å². The molecule has 0 aliphatic heterocycles. The predicted octanol–water partition coefficient (Wildman–Crippen LogP) is 2.34. The van der Waals surface area contributed by atoms with Crippen molar-refractivity contribution in [3.63, 3.8) is 0 Å². The molecule has 7 heteroatoms. The molecular weight excluding hydrogens is 334 g/mol. The first kappa shape index (κ1) is 17.0. The average molecular weight is 347 g/mol. The average Bonchev–Trinajstić information content (AvgIpc) is 2.99. The number of carboxylic acids is 1. The number of aliphatic carboxylic acids is 1. The van der Waals surface area contributed by atoms with Crippen LogP contribution in [-0.4, -0.2) is 32.9 Å². The molecule has 7 nitrogen and oxygen atoms in total. The number of nitrogens with zero attached hydrogens (tertiary/aromatic N) is 3. The molecule has 1 aromatic heterocycles. The van der Waals surface area contributed by atoms with Crippen LogP contribution in [0.3, 0.4) is 0 Å². The van der Waals surface area contributed by atoms with Gasteiger partial charge in [-0.25, -0.2) is 4.79 Å². The minimum atomic E-state index is -1.56. The third kappa shape index (κ3) is 2.84. The number of aldehydes is 1. The molecule has 0 amide bonds. The van der Waals surface area contributed by atoms with Crippen LogP contribution < -0.4 is 0 Å². The maximum absolute atomic E-state index is 11.7. The quantitative estimate of drug-likeness (QED) is 0.430. The lowest BCUT2D eigenvalue weighted by Crippen LogP contribution is -2.12. The summed E-state index contributed by atoms with van der Waals surface area (Å²) < 4.78 is 1.50. The van der Waals surface area contributed by atoms with Crippen LogP contribution in [0.15, 0.2) is 36.4 Å². The molecule has 0 saturated heterocycles. The second kappa shape index (κ2) is 6.61. The van der Waals surface area contributed by atoms with E-state index in [4.69, 9.17) is 5.11 Å². The molecule has 0 bridgehead atoms. The highest BCUT2D eigenvalue weighted by Gasteiger charge is 2.18. The fraction of sp³-hybridized carbons (Fsp3) is 0.105. The Bertz CT molecular complexity index is 1110. The number of Topliss-reactive ketones (excluding diaryl/α,β-unsaturated/α-hetero) is 1. The Morgan fingerprint density at radius 1 is 1.31 bits per heavy atom. The van der Waals surface area contributed by atoms with E-state index in [0.717, 1.165) is 11.1 Å². The van der Waals surface area contributed by atoms with Crippen LogP contribution in [-0.2, 0) is 11.3 Å². The van der Waals surface area contributed by atoms with Crippen molar-refractivity contribution in [3.05, 3.63) is 64.3 Å². The third-order valence-electron chi connectivity index (χ3n) is 4.19. The van der Waals surface area contributed by atoms with Gasteiger partial charge in [0.15, 0.2) is 6.29 Å². The van der Waals surface area contributed by atoms with Gasteiger partial charge in [-0.15, -0.1) is 0 Å². The van der Waals surface area contributed by atoms with Gasteiger partial charge in [-0.05, 0) is 42.3 Å². The van der Waals surface area contributed by atoms with Crippen molar-refractivity contribution in [2.24, 2.45) is 0 Å². The van der Waals surface area contributed by atoms with Crippen molar-refractivity contribution >= 4 is 28.9 Å². The molecule has 3 aromatic rings. The van der Waals surface area contributed by atoms with Crippen LogP contribution in [0.1, 0.15) is 37.5 Å². The van der Waals surface area contributed by atoms with Gasteiger partial charge in [0.1, 0.15) is 5.69 Å². The number of carbonyl (C=O) groups excluding carboxylic acids is 2. The van der Waals surface area contributed by atoms with Crippen LogP contribution in [0.5, 0.6) is 0 Å². The van der Waals surface area contributed by atoms with E-state index in [0.29, 0.717) is 22.8 Å². The van der Waals surface area contributed by atoms with Gasteiger partial charge in [0.05, 0.1) is 23.7 Å². The summed E-state index contributed by atoms with van der Waals surface area (Å²) in [5, 5.41) is 23.0. The Hall–Kier alpha value is -3.79. The zero-order valence-electron chi connectivity index (χ0n) is 13.8. The van der Waals surface area contributed by atoms with Crippen molar-refractivity contribution in [1.82, 2.24) is 9.78 Å². The summed E-state index contributed by atoms with van der Waals surface area (Å²) in [5.74, 6) is -2.60. The van der Waals surface area contributed by atoms with E-state index in [1.54, 1.807) is 12.1 Å². The molecule has 26 heavy (non-hydrogen) atoms. The van der Waals surface area contributed by atoms with Crippen LogP contribution in [0.25, 0.3) is 10.9 Å². The molecule has 0 unspecified atom stereocenters. The fourth-order valence-electron chi connectivity index (χ4n) is 2.84. The number of carbonyl (C=O) groups is 3. The van der Waals surface area contributed by atoms with E-state index in [9.17, 15) is 19.6 Å². The summed E-state index contributed by atoms with van der Waals surface area (Å²) in [7, 11) is 0. The van der Waals surface area contributed by atoms with Gasteiger partial charge >= 0.3 is 5.97 Å². The number of hydrogen-bond donors (Lipinski definition) is 1. The number of carboxylic acid groups (broad SMARTS) is 1. The predicted molar refractivity (Wildman–Crippen MR) is 92.1 cm³/mol. The maximum atomic E-state index is 11.7. The molecule has 0 radical (unpaired) electrons. The van der Waals surface area contributed by atoms with E-state index in [1.165, 1.54) is 22.9 Å². The van der Waals surface area contributed by atoms with Gasteiger partial charge in [0, 0.05) is 10.9 Å². The first-order valence-electron chi connectivity index (χ1n) is 7.68. The van der Waals surface area contributed by atoms with Gasteiger partial charge in [0.2, 0.25) is 0 Å². The monoisotopic (exact) mass is 347 g/mol. The second-order valence-corrected chi connectivity index (χ2v) is 5.74.